The van der Waals surface area contributed by atoms with E-state index in [1.54, 1.807) is 7.11 Å². The first-order valence-electron chi connectivity index (χ1n) is 7.49. The molecule has 0 radical (unpaired) electrons. The number of benzene rings is 2. The Balaban J connectivity index is 0.00000312. The molecule has 0 bridgehead atoms. The Hall–Kier alpha value is -2.40. The van der Waals surface area contributed by atoms with Crippen molar-refractivity contribution in [2.75, 3.05) is 19.0 Å². The Morgan fingerprint density at radius 1 is 1.24 bits per heavy atom. The van der Waals surface area contributed by atoms with Crippen molar-refractivity contribution in [2.45, 2.75) is 13.5 Å². The van der Waals surface area contributed by atoms with Gasteiger partial charge in [-0.3, -0.25) is 0 Å². The molecule has 0 fully saturated rings. The van der Waals surface area contributed by atoms with E-state index >= 15 is 0 Å². The zero-order valence-corrected chi connectivity index (χ0v) is 16.6. The molecule has 0 aliphatic heterocycles. The smallest absolute Gasteiger partial charge is 0.193 e. The SMILES string of the molecule is C#CCOc1cc(CN=C(N)Nc2cccc(C)c2)ccc1OC.I. The molecule has 0 amide bonds. The van der Waals surface area contributed by atoms with Gasteiger partial charge in [0.25, 0.3) is 0 Å². The minimum atomic E-state index is 0. The number of terminal acetylenes is 1. The van der Waals surface area contributed by atoms with E-state index in [2.05, 4.69) is 16.2 Å². The molecule has 0 atom stereocenters. The molecule has 0 aromatic heterocycles. The maximum absolute atomic E-state index is 5.93. The summed E-state index contributed by atoms with van der Waals surface area (Å²) < 4.78 is 10.7. The van der Waals surface area contributed by atoms with E-state index in [0.29, 0.717) is 24.0 Å². The molecular weight excluding hydrogens is 429 g/mol. The van der Waals surface area contributed by atoms with Crippen molar-refractivity contribution < 1.29 is 9.47 Å². The van der Waals surface area contributed by atoms with Crippen LogP contribution in [0.5, 0.6) is 11.5 Å². The summed E-state index contributed by atoms with van der Waals surface area (Å²) in [6, 6.07) is 13.5. The van der Waals surface area contributed by atoms with E-state index in [-0.39, 0.29) is 30.6 Å². The van der Waals surface area contributed by atoms with Crippen molar-refractivity contribution in [3.63, 3.8) is 0 Å². The molecule has 3 N–H and O–H groups in total. The van der Waals surface area contributed by atoms with Gasteiger partial charge in [-0.05, 0) is 42.3 Å². The lowest BCUT2D eigenvalue weighted by atomic mass is 10.2. The average Bonchev–Trinajstić information content (AvgIpc) is 2.58. The number of nitrogens with two attached hydrogens (primary N) is 1. The molecule has 0 aliphatic rings. The summed E-state index contributed by atoms with van der Waals surface area (Å²) in [5.74, 6) is 4.00. The number of aryl methyl sites for hydroxylation is 1. The summed E-state index contributed by atoms with van der Waals surface area (Å²) in [5, 5.41) is 3.07. The normalized spacial score (nSPS) is 10.4. The lowest BCUT2D eigenvalue weighted by Gasteiger charge is -2.10. The van der Waals surface area contributed by atoms with Gasteiger partial charge in [-0.15, -0.1) is 30.4 Å². The summed E-state index contributed by atoms with van der Waals surface area (Å²) in [4.78, 5) is 4.34. The highest BCUT2D eigenvalue weighted by atomic mass is 127. The minimum absolute atomic E-state index is 0. The first-order chi connectivity index (χ1) is 11.6. The number of guanidine groups is 1. The van der Waals surface area contributed by atoms with Crippen LogP contribution in [0.2, 0.25) is 0 Å². The van der Waals surface area contributed by atoms with Gasteiger partial charge < -0.3 is 20.5 Å². The van der Waals surface area contributed by atoms with Crippen molar-refractivity contribution >= 4 is 35.6 Å². The minimum Gasteiger partial charge on any atom is -0.493 e. The number of ether oxygens (including phenoxy) is 2. The van der Waals surface area contributed by atoms with Gasteiger partial charge in [0, 0.05) is 5.69 Å². The standard InChI is InChI=1S/C19H21N3O2.HI/c1-4-10-24-18-12-15(8-9-17(18)23-3)13-21-19(20)22-16-7-5-6-14(2)11-16;/h1,5-9,11-12H,10,13H2,2-3H3,(H3,20,21,22);1H. The van der Waals surface area contributed by atoms with Gasteiger partial charge in [0.05, 0.1) is 13.7 Å². The lowest BCUT2D eigenvalue weighted by Crippen LogP contribution is -2.22. The molecule has 0 spiro atoms. The molecule has 0 aliphatic carbocycles. The molecule has 0 heterocycles. The quantitative estimate of drug-likeness (QED) is 0.305. The van der Waals surface area contributed by atoms with Gasteiger partial charge in [-0.1, -0.05) is 24.1 Å². The Morgan fingerprint density at radius 2 is 2.04 bits per heavy atom. The summed E-state index contributed by atoms with van der Waals surface area (Å²) in [6.45, 7) is 2.62. The number of methoxy groups -OCH3 is 1. The summed E-state index contributed by atoms with van der Waals surface area (Å²) >= 11 is 0. The second kappa shape index (κ2) is 10.5. The molecule has 132 valence electrons. The maximum Gasteiger partial charge on any atom is 0.193 e. The topological polar surface area (TPSA) is 68.9 Å². The summed E-state index contributed by atoms with van der Waals surface area (Å²) in [6.07, 6.45) is 5.23. The number of rotatable bonds is 6. The third kappa shape index (κ3) is 6.55. The van der Waals surface area contributed by atoms with Crippen LogP contribution in [0.3, 0.4) is 0 Å². The number of halogens is 1. The van der Waals surface area contributed by atoms with Gasteiger partial charge in [0.15, 0.2) is 17.5 Å². The van der Waals surface area contributed by atoms with Crippen LogP contribution in [0.4, 0.5) is 5.69 Å². The molecule has 0 unspecified atom stereocenters. The number of aliphatic imine (C=N–C) groups is 1. The van der Waals surface area contributed by atoms with Crippen molar-refractivity contribution in [3.05, 3.63) is 53.6 Å². The fourth-order valence-electron chi connectivity index (χ4n) is 2.14. The van der Waals surface area contributed by atoms with Gasteiger partial charge in [0.1, 0.15) is 6.61 Å². The largest absolute Gasteiger partial charge is 0.493 e. The van der Waals surface area contributed by atoms with Crippen LogP contribution in [0, 0.1) is 19.3 Å². The predicted octanol–water partition coefficient (Wildman–Crippen LogP) is 3.56. The van der Waals surface area contributed by atoms with Crippen molar-refractivity contribution in [1.82, 2.24) is 0 Å². The first kappa shape index (κ1) is 20.6. The zero-order chi connectivity index (χ0) is 17.4. The third-order valence-corrected chi connectivity index (χ3v) is 3.26. The lowest BCUT2D eigenvalue weighted by molar-refractivity contribution is 0.330. The number of nitrogens with one attached hydrogen (secondary N) is 1. The number of hydrogen-bond acceptors (Lipinski definition) is 3. The van der Waals surface area contributed by atoms with Gasteiger partial charge in [0.2, 0.25) is 0 Å². The molecule has 0 saturated heterocycles. The average molecular weight is 451 g/mol. The number of hydrogen-bond donors (Lipinski definition) is 2. The molecule has 6 heteroatoms. The van der Waals surface area contributed by atoms with E-state index in [4.69, 9.17) is 21.6 Å². The van der Waals surface area contributed by atoms with Crippen LogP contribution in [-0.4, -0.2) is 19.7 Å². The monoisotopic (exact) mass is 451 g/mol. The summed E-state index contributed by atoms with van der Waals surface area (Å²) in [7, 11) is 1.58. The van der Waals surface area contributed by atoms with E-state index in [1.807, 2.05) is 49.4 Å². The third-order valence-electron chi connectivity index (χ3n) is 3.26. The van der Waals surface area contributed by atoms with E-state index in [1.165, 1.54) is 0 Å². The Labute approximate surface area is 165 Å². The second-order valence-corrected chi connectivity index (χ2v) is 5.17. The number of anilines is 1. The highest BCUT2D eigenvalue weighted by Gasteiger charge is 2.05. The highest BCUT2D eigenvalue weighted by Crippen LogP contribution is 2.28. The second-order valence-electron chi connectivity index (χ2n) is 5.17. The molecule has 2 rings (SSSR count). The van der Waals surface area contributed by atoms with Crippen LogP contribution < -0.4 is 20.5 Å². The molecule has 25 heavy (non-hydrogen) atoms. The molecular formula is C19H22IN3O2. The van der Waals surface area contributed by atoms with Crippen molar-refractivity contribution in [1.29, 1.82) is 0 Å². The summed E-state index contributed by atoms with van der Waals surface area (Å²) in [5.41, 5.74) is 8.93. The van der Waals surface area contributed by atoms with Gasteiger partial charge in [-0.25, -0.2) is 4.99 Å². The van der Waals surface area contributed by atoms with E-state index in [9.17, 15) is 0 Å². The van der Waals surface area contributed by atoms with Crippen molar-refractivity contribution in [3.8, 4) is 23.8 Å². The fraction of sp³-hybridized carbons (Fsp3) is 0.211. The first-order valence-corrected chi connectivity index (χ1v) is 7.49. The van der Waals surface area contributed by atoms with E-state index in [0.717, 1.165) is 16.8 Å². The molecule has 2 aromatic rings. The van der Waals surface area contributed by atoms with Crippen LogP contribution >= 0.6 is 24.0 Å². The van der Waals surface area contributed by atoms with Gasteiger partial charge in [-0.2, -0.15) is 0 Å². The Morgan fingerprint density at radius 3 is 2.72 bits per heavy atom. The number of nitrogens with zero attached hydrogens (tertiary/aromatic N) is 1. The maximum atomic E-state index is 5.93. The van der Waals surface area contributed by atoms with Crippen molar-refractivity contribution in [2.24, 2.45) is 10.7 Å². The Bertz CT molecular complexity index is 770. The zero-order valence-electron chi connectivity index (χ0n) is 14.3. The predicted molar refractivity (Wildman–Crippen MR) is 113 cm³/mol. The molecule has 0 saturated carbocycles. The highest BCUT2D eigenvalue weighted by molar-refractivity contribution is 14.0. The molecule has 5 nitrogen and oxygen atoms in total. The van der Waals surface area contributed by atoms with Gasteiger partial charge >= 0.3 is 0 Å². The van der Waals surface area contributed by atoms with Crippen LogP contribution in [-0.2, 0) is 6.54 Å². The fourth-order valence-corrected chi connectivity index (χ4v) is 2.14. The van der Waals surface area contributed by atoms with E-state index < -0.39 is 0 Å². The van der Waals surface area contributed by atoms with Crippen LogP contribution in [0.1, 0.15) is 11.1 Å². The Kier molecular flexibility index (Phi) is 8.64. The van der Waals surface area contributed by atoms with Crippen LogP contribution in [0.25, 0.3) is 0 Å². The molecule has 2 aromatic carbocycles. The van der Waals surface area contributed by atoms with Crippen LogP contribution in [0.15, 0.2) is 47.5 Å².